The number of hydrogen-bond acceptors (Lipinski definition) is 7. The highest BCUT2D eigenvalue weighted by atomic mass is 35.5. The second-order valence-electron chi connectivity index (χ2n) is 8.88. The minimum absolute atomic E-state index is 0.0752. The normalized spacial score (nSPS) is 16.6. The molecule has 2 atom stereocenters. The van der Waals surface area contributed by atoms with E-state index in [2.05, 4.69) is 27.4 Å². The van der Waals surface area contributed by atoms with Crippen molar-refractivity contribution in [3.05, 3.63) is 50.4 Å². The standard InChI is InChI=1S/C25H32ClN5O2S/c1-16-14-22(26)29-18(3)23(16)25(33)28-10-5-17(2)31-11-6-20(7-12-31)30-24(21(32)4-9-27)19-8-13-34-15-19/h8,13-15,17,20,24,30H,4-7,10-12H2,1-3H3,(H,28,33). The number of likely N-dealkylation sites (tertiary alicyclic amines) is 1. The van der Waals surface area contributed by atoms with Crippen LogP contribution < -0.4 is 10.6 Å². The molecule has 2 aromatic rings. The smallest absolute Gasteiger partial charge is 0.253 e. The number of aryl methyl sites for hydroxylation is 2. The number of nitriles is 1. The number of amides is 1. The highest BCUT2D eigenvalue weighted by Crippen LogP contribution is 2.23. The number of hydrogen-bond donors (Lipinski definition) is 2. The molecule has 2 unspecified atom stereocenters. The Morgan fingerprint density at radius 1 is 1.35 bits per heavy atom. The first-order valence-electron chi connectivity index (χ1n) is 11.6. The van der Waals surface area contributed by atoms with Gasteiger partial charge in [0.25, 0.3) is 5.91 Å². The lowest BCUT2D eigenvalue weighted by Crippen LogP contribution is -2.48. The maximum Gasteiger partial charge on any atom is 0.253 e. The third kappa shape index (κ3) is 6.86. The second kappa shape index (κ2) is 12.4. The Kier molecular flexibility index (Phi) is 9.60. The maximum absolute atomic E-state index is 12.6. The van der Waals surface area contributed by atoms with Crippen LogP contribution in [0.4, 0.5) is 0 Å². The third-order valence-electron chi connectivity index (χ3n) is 6.45. The minimum atomic E-state index is -0.413. The molecule has 2 aromatic heterocycles. The summed E-state index contributed by atoms with van der Waals surface area (Å²) in [5, 5.41) is 19.8. The lowest BCUT2D eigenvalue weighted by Gasteiger charge is -2.37. The maximum atomic E-state index is 12.6. The highest BCUT2D eigenvalue weighted by Gasteiger charge is 2.28. The number of carbonyl (C=O) groups is 2. The van der Waals surface area contributed by atoms with E-state index < -0.39 is 6.04 Å². The van der Waals surface area contributed by atoms with E-state index in [0.29, 0.717) is 29.0 Å². The molecule has 1 amide bonds. The Morgan fingerprint density at radius 2 is 2.09 bits per heavy atom. The van der Waals surface area contributed by atoms with Crippen LogP contribution in [0.5, 0.6) is 0 Å². The van der Waals surface area contributed by atoms with E-state index in [4.69, 9.17) is 16.9 Å². The van der Waals surface area contributed by atoms with Gasteiger partial charge in [0.2, 0.25) is 0 Å². The summed E-state index contributed by atoms with van der Waals surface area (Å²) in [6.45, 7) is 8.29. The molecule has 7 nitrogen and oxygen atoms in total. The van der Waals surface area contributed by atoms with Crippen LogP contribution in [0.15, 0.2) is 22.9 Å². The van der Waals surface area contributed by atoms with E-state index in [-0.39, 0.29) is 24.2 Å². The summed E-state index contributed by atoms with van der Waals surface area (Å²) >= 11 is 7.53. The Balaban J connectivity index is 1.45. The number of nitrogens with one attached hydrogen (secondary N) is 2. The first-order valence-corrected chi connectivity index (χ1v) is 13.0. The number of piperidine rings is 1. The molecule has 9 heteroatoms. The number of pyridine rings is 1. The molecular weight excluding hydrogens is 470 g/mol. The van der Waals surface area contributed by atoms with Crippen molar-refractivity contribution in [3.8, 4) is 6.07 Å². The van der Waals surface area contributed by atoms with Crippen LogP contribution in [0.1, 0.15) is 65.8 Å². The van der Waals surface area contributed by atoms with Crippen molar-refractivity contribution in [2.24, 2.45) is 0 Å². The van der Waals surface area contributed by atoms with E-state index in [1.54, 1.807) is 24.3 Å². The number of aromatic nitrogens is 1. The molecule has 1 saturated heterocycles. The van der Waals surface area contributed by atoms with E-state index in [1.165, 1.54) is 0 Å². The topological polar surface area (TPSA) is 98.1 Å². The minimum Gasteiger partial charge on any atom is -0.352 e. The van der Waals surface area contributed by atoms with Crippen LogP contribution in [0.3, 0.4) is 0 Å². The predicted octanol–water partition coefficient (Wildman–Crippen LogP) is 4.20. The molecule has 34 heavy (non-hydrogen) atoms. The SMILES string of the molecule is Cc1cc(Cl)nc(C)c1C(=O)NCCC(C)N1CCC(NC(C(=O)CC#N)c2ccsc2)CC1. The zero-order valence-electron chi connectivity index (χ0n) is 19.9. The molecule has 0 aromatic carbocycles. The molecule has 2 N–H and O–H groups in total. The summed E-state index contributed by atoms with van der Waals surface area (Å²) in [5.41, 5.74) is 3.00. The third-order valence-corrected chi connectivity index (χ3v) is 7.34. The van der Waals surface area contributed by atoms with Crippen LogP contribution in [-0.4, -0.2) is 53.3 Å². The van der Waals surface area contributed by atoms with Crippen molar-refractivity contribution in [2.75, 3.05) is 19.6 Å². The molecule has 182 valence electrons. The number of nitrogens with zero attached hydrogens (tertiary/aromatic N) is 3. The van der Waals surface area contributed by atoms with Crippen LogP contribution in [0, 0.1) is 25.2 Å². The van der Waals surface area contributed by atoms with Gasteiger partial charge in [-0.05, 0) is 87.1 Å². The molecule has 1 aliphatic rings. The Morgan fingerprint density at radius 3 is 2.71 bits per heavy atom. The van der Waals surface area contributed by atoms with Gasteiger partial charge in [0, 0.05) is 18.6 Å². The van der Waals surface area contributed by atoms with E-state index in [0.717, 1.165) is 43.5 Å². The fraction of sp³-hybridized carbons (Fsp3) is 0.520. The zero-order valence-corrected chi connectivity index (χ0v) is 21.5. The van der Waals surface area contributed by atoms with E-state index in [9.17, 15) is 9.59 Å². The Bertz CT molecular complexity index is 1010. The first-order chi connectivity index (χ1) is 16.3. The lowest BCUT2D eigenvalue weighted by molar-refractivity contribution is -0.120. The monoisotopic (exact) mass is 501 g/mol. The van der Waals surface area contributed by atoms with Gasteiger partial charge in [-0.2, -0.15) is 16.6 Å². The quantitative estimate of drug-likeness (QED) is 0.473. The molecular formula is C25H32ClN5O2S. The highest BCUT2D eigenvalue weighted by molar-refractivity contribution is 7.08. The molecule has 1 fully saturated rings. The van der Waals surface area contributed by atoms with Gasteiger partial charge >= 0.3 is 0 Å². The van der Waals surface area contributed by atoms with Crippen LogP contribution in [0.25, 0.3) is 0 Å². The average Bonchev–Trinajstić information content (AvgIpc) is 3.31. The average molecular weight is 502 g/mol. The van der Waals surface area contributed by atoms with Gasteiger partial charge < -0.3 is 15.5 Å². The summed E-state index contributed by atoms with van der Waals surface area (Å²) in [5.74, 6) is -0.190. The van der Waals surface area contributed by atoms with Gasteiger partial charge in [-0.3, -0.25) is 9.59 Å². The predicted molar refractivity (Wildman–Crippen MR) is 135 cm³/mol. The first kappa shape index (κ1) is 26.3. The zero-order chi connectivity index (χ0) is 24.7. The van der Waals surface area contributed by atoms with Crippen LogP contribution >= 0.6 is 22.9 Å². The largest absolute Gasteiger partial charge is 0.352 e. The number of rotatable bonds is 10. The van der Waals surface area contributed by atoms with Gasteiger partial charge in [-0.25, -0.2) is 4.98 Å². The summed E-state index contributed by atoms with van der Waals surface area (Å²) in [6, 6.07) is 5.80. The fourth-order valence-corrected chi connectivity index (χ4v) is 5.51. The number of thiophene rings is 1. The van der Waals surface area contributed by atoms with Gasteiger partial charge in [0.05, 0.1) is 29.8 Å². The Labute approximate surface area is 210 Å². The van der Waals surface area contributed by atoms with Crippen LogP contribution in [-0.2, 0) is 4.79 Å². The number of ketones is 1. The van der Waals surface area contributed by atoms with Crippen molar-refractivity contribution in [2.45, 2.75) is 64.6 Å². The van der Waals surface area contributed by atoms with Crippen molar-refractivity contribution in [1.82, 2.24) is 20.5 Å². The van der Waals surface area contributed by atoms with E-state index >= 15 is 0 Å². The fourth-order valence-electron chi connectivity index (χ4n) is 4.53. The summed E-state index contributed by atoms with van der Waals surface area (Å²) < 4.78 is 0. The number of Topliss-reactive ketones (excluding diaryl/α,β-unsaturated/α-hetero) is 1. The van der Waals surface area contributed by atoms with Crippen molar-refractivity contribution >= 4 is 34.6 Å². The van der Waals surface area contributed by atoms with Crippen molar-refractivity contribution in [1.29, 1.82) is 5.26 Å². The molecule has 1 aliphatic heterocycles. The van der Waals surface area contributed by atoms with Gasteiger partial charge in [-0.15, -0.1) is 0 Å². The molecule has 0 radical (unpaired) electrons. The molecule has 0 aliphatic carbocycles. The van der Waals surface area contributed by atoms with E-state index in [1.807, 2.05) is 29.8 Å². The van der Waals surface area contributed by atoms with Crippen molar-refractivity contribution < 1.29 is 9.59 Å². The van der Waals surface area contributed by atoms with Crippen molar-refractivity contribution in [3.63, 3.8) is 0 Å². The Hall–Kier alpha value is -2.31. The molecule has 0 spiro atoms. The van der Waals surface area contributed by atoms with Crippen LogP contribution in [0.2, 0.25) is 5.15 Å². The summed E-state index contributed by atoms with van der Waals surface area (Å²) in [6.07, 6.45) is 2.64. The second-order valence-corrected chi connectivity index (χ2v) is 10.1. The lowest BCUT2D eigenvalue weighted by atomic mass is 9.98. The molecule has 0 bridgehead atoms. The molecule has 3 rings (SSSR count). The summed E-state index contributed by atoms with van der Waals surface area (Å²) in [4.78, 5) is 31.7. The molecule has 3 heterocycles. The summed E-state index contributed by atoms with van der Waals surface area (Å²) in [7, 11) is 0. The number of carbonyl (C=O) groups excluding carboxylic acids is 2. The van der Waals surface area contributed by atoms with Gasteiger partial charge in [0.1, 0.15) is 5.15 Å². The van der Waals surface area contributed by atoms with Gasteiger partial charge in [0.15, 0.2) is 5.78 Å². The van der Waals surface area contributed by atoms with Gasteiger partial charge in [-0.1, -0.05) is 11.6 Å². The molecule has 0 saturated carbocycles. The number of halogens is 1.